The molecule has 0 bridgehead atoms. The van der Waals surface area contributed by atoms with Crippen LogP contribution in [0.2, 0.25) is 0 Å². The van der Waals surface area contributed by atoms with E-state index in [0.29, 0.717) is 5.56 Å². The zero-order valence-corrected chi connectivity index (χ0v) is 23.6. The van der Waals surface area contributed by atoms with Gasteiger partial charge in [-0.25, -0.2) is 18.5 Å². The number of halogens is 1. The number of nitrogens with one attached hydrogen (secondary N) is 1. The van der Waals surface area contributed by atoms with Crippen molar-refractivity contribution in [3.63, 3.8) is 0 Å². The number of alkyl halides is 1. The molecule has 1 aliphatic carbocycles. The van der Waals surface area contributed by atoms with Gasteiger partial charge in [-0.05, 0) is 39.9 Å². The van der Waals surface area contributed by atoms with E-state index >= 15 is 0 Å². The van der Waals surface area contributed by atoms with Crippen LogP contribution in [0, 0.1) is 0 Å². The van der Waals surface area contributed by atoms with Crippen molar-refractivity contribution in [1.29, 1.82) is 0 Å². The average molecular weight is 596 g/mol. The van der Waals surface area contributed by atoms with Crippen molar-refractivity contribution in [3.05, 3.63) is 114 Å². The lowest BCUT2D eigenvalue weighted by Gasteiger charge is -2.20. The molecule has 1 amide bonds. The highest BCUT2D eigenvalue weighted by Gasteiger charge is 2.31. The first-order valence-corrected chi connectivity index (χ1v) is 14.6. The van der Waals surface area contributed by atoms with Gasteiger partial charge in [-0.1, -0.05) is 66.7 Å². The lowest BCUT2D eigenvalue weighted by molar-refractivity contribution is -0.139. The van der Waals surface area contributed by atoms with Crippen LogP contribution in [0.5, 0.6) is 5.75 Å². The van der Waals surface area contributed by atoms with Crippen molar-refractivity contribution in [2.75, 3.05) is 19.8 Å². The second-order valence-corrected chi connectivity index (χ2v) is 10.9. The molecule has 0 aromatic heterocycles. The van der Waals surface area contributed by atoms with Crippen LogP contribution in [0.15, 0.2) is 92.0 Å². The third-order valence-corrected chi connectivity index (χ3v) is 7.90. The highest BCUT2D eigenvalue weighted by atomic mass is 31.2. The molecule has 0 heterocycles. The third-order valence-electron chi connectivity index (χ3n) is 6.55. The summed E-state index contributed by atoms with van der Waals surface area (Å²) in [5, 5.41) is 12.2. The normalized spacial score (nSPS) is 13.0. The van der Waals surface area contributed by atoms with Crippen LogP contribution >= 0.6 is 7.82 Å². The number of carboxylic acid groups (broad SMARTS) is 1. The van der Waals surface area contributed by atoms with E-state index in [0.717, 1.165) is 22.3 Å². The smallest absolute Gasteiger partial charge is 0.480 e. The molecule has 0 spiro atoms. The van der Waals surface area contributed by atoms with Crippen LogP contribution in [0.4, 0.5) is 9.18 Å². The Balaban J connectivity index is 1.42. The minimum absolute atomic E-state index is 0.0117. The molecule has 42 heavy (non-hydrogen) atoms. The first-order valence-electron chi connectivity index (χ1n) is 13.1. The van der Waals surface area contributed by atoms with Gasteiger partial charge in [0, 0.05) is 17.9 Å². The SMILES string of the molecule is C=CCOP(=O)(OCC=C)Oc1ccc(CC(NC(=O)OCC2c3ccccc3-c3ccccc32)C(=O)O)cc1CF. The summed E-state index contributed by atoms with van der Waals surface area (Å²) in [6.07, 6.45) is 1.63. The summed E-state index contributed by atoms with van der Waals surface area (Å²) in [5.41, 5.74) is 4.56. The largest absolute Gasteiger partial charge is 0.530 e. The van der Waals surface area contributed by atoms with Crippen molar-refractivity contribution in [3.8, 4) is 16.9 Å². The highest BCUT2D eigenvalue weighted by Crippen LogP contribution is 2.50. The number of phosphoric acid groups is 1. The number of amides is 1. The van der Waals surface area contributed by atoms with Gasteiger partial charge in [0.05, 0.1) is 13.2 Å². The maximum absolute atomic E-state index is 13.9. The minimum atomic E-state index is -4.13. The Morgan fingerprint density at radius 1 is 0.976 bits per heavy atom. The molecule has 0 saturated heterocycles. The van der Waals surface area contributed by atoms with Gasteiger partial charge in [0.2, 0.25) is 0 Å². The topological polar surface area (TPSA) is 120 Å². The number of phosphoric ester groups is 1. The Labute approximate surface area is 243 Å². The number of aliphatic carboxylic acids is 1. The van der Waals surface area contributed by atoms with E-state index in [1.54, 1.807) is 0 Å². The molecule has 1 atom stereocenters. The summed E-state index contributed by atoms with van der Waals surface area (Å²) in [4.78, 5) is 24.7. The zero-order valence-electron chi connectivity index (χ0n) is 22.7. The fourth-order valence-corrected chi connectivity index (χ4v) is 5.84. The summed E-state index contributed by atoms with van der Waals surface area (Å²) in [5.74, 6) is -1.59. The quantitative estimate of drug-likeness (QED) is 0.149. The van der Waals surface area contributed by atoms with Crippen molar-refractivity contribution in [2.45, 2.75) is 25.1 Å². The van der Waals surface area contributed by atoms with E-state index in [4.69, 9.17) is 18.3 Å². The number of alkyl carbamates (subject to hydrolysis) is 1. The predicted molar refractivity (Wildman–Crippen MR) is 155 cm³/mol. The van der Waals surface area contributed by atoms with Crippen LogP contribution < -0.4 is 9.84 Å². The summed E-state index contributed by atoms with van der Waals surface area (Å²) in [6, 6.07) is 18.5. The van der Waals surface area contributed by atoms with E-state index < -0.39 is 32.6 Å². The molecule has 1 aliphatic rings. The Bertz CT molecular complexity index is 1450. The molecule has 1 unspecified atom stereocenters. The number of ether oxygens (including phenoxy) is 1. The fraction of sp³-hybridized carbons (Fsp3) is 0.226. The third kappa shape index (κ3) is 7.33. The number of hydrogen-bond acceptors (Lipinski definition) is 7. The molecule has 0 aliphatic heterocycles. The number of rotatable bonds is 15. The lowest BCUT2D eigenvalue weighted by Crippen LogP contribution is -2.42. The Morgan fingerprint density at radius 3 is 2.12 bits per heavy atom. The molecular weight excluding hydrogens is 564 g/mol. The molecule has 0 fully saturated rings. The van der Waals surface area contributed by atoms with Crippen LogP contribution in [0.1, 0.15) is 28.2 Å². The Hall–Kier alpha value is -4.24. The van der Waals surface area contributed by atoms with E-state index in [1.807, 2.05) is 48.5 Å². The summed E-state index contributed by atoms with van der Waals surface area (Å²) in [6.45, 7) is 5.70. The van der Waals surface area contributed by atoms with Crippen molar-refractivity contribution in [2.24, 2.45) is 0 Å². The highest BCUT2D eigenvalue weighted by molar-refractivity contribution is 7.48. The average Bonchev–Trinajstić information content (AvgIpc) is 3.32. The lowest BCUT2D eigenvalue weighted by atomic mass is 9.98. The second-order valence-electron chi connectivity index (χ2n) is 9.35. The van der Waals surface area contributed by atoms with Gasteiger partial charge in [0.25, 0.3) is 0 Å². The molecule has 3 aromatic rings. The van der Waals surface area contributed by atoms with Crippen molar-refractivity contribution >= 4 is 19.9 Å². The Morgan fingerprint density at radius 2 is 1.57 bits per heavy atom. The van der Waals surface area contributed by atoms with Crippen molar-refractivity contribution in [1.82, 2.24) is 5.32 Å². The maximum Gasteiger partial charge on any atom is 0.530 e. The van der Waals surface area contributed by atoms with Gasteiger partial charge in [-0.2, -0.15) is 0 Å². The molecule has 9 nitrogen and oxygen atoms in total. The number of fused-ring (bicyclic) bond motifs is 3. The summed E-state index contributed by atoms with van der Waals surface area (Å²) >= 11 is 0. The Kier molecular flexibility index (Phi) is 10.3. The number of carboxylic acids is 1. The van der Waals surface area contributed by atoms with Gasteiger partial charge in [-0.15, -0.1) is 13.2 Å². The molecule has 0 radical (unpaired) electrons. The van der Waals surface area contributed by atoms with E-state index in [2.05, 4.69) is 18.5 Å². The second kappa shape index (κ2) is 14.1. The fourth-order valence-electron chi connectivity index (χ4n) is 4.67. The monoisotopic (exact) mass is 595 g/mol. The number of benzene rings is 3. The van der Waals surface area contributed by atoms with Gasteiger partial charge < -0.3 is 19.7 Å². The van der Waals surface area contributed by atoms with E-state index in [1.165, 1.54) is 30.4 Å². The number of carbonyl (C=O) groups excluding carboxylic acids is 1. The van der Waals surface area contributed by atoms with Crippen LogP contribution in [-0.4, -0.2) is 43.0 Å². The molecule has 11 heteroatoms. The summed E-state index contributed by atoms with van der Waals surface area (Å²) < 4.78 is 48.0. The van der Waals surface area contributed by atoms with Gasteiger partial charge >= 0.3 is 19.9 Å². The molecule has 4 rings (SSSR count). The minimum Gasteiger partial charge on any atom is -0.480 e. The van der Waals surface area contributed by atoms with Crippen molar-refractivity contribution < 1.29 is 42.0 Å². The molecule has 0 saturated carbocycles. The number of hydrogen-bond donors (Lipinski definition) is 2. The molecule has 220 valence electrons. The van der Waals surface area contributed by atoms with Crippen LogP contribution in [0.25, 0.3) is 11.1 Å². The molecule has 2 N–H and O–H groups in total. The standard InChI is InChI=1S/C31H31FNO8P/c1-3-15-39-42(37,40-16-4-2)41-29-14-13-21(17-22(29)19-32)18-28(30(34)35)33-31(36)38-20-27-25-11-7-5-9-23(25)24-10-6-8-12-26(24)27/h3-14,17,27-28H,1-2,15-16,18-20H2,(H,33,36)(H,34,35). The van der Waals surface area contributed by atoms with Crippen LogP contribution in [0.3, 0.4) is 0 Å². The van der Waals surface area contributed by atoms with Gasteiger partial charge in [-0.3, -0.25) is 9.05 Å². The first kappa shape index (κ1) is 30.7. The maximum atomic E-state index is 13.9. The first-order chi connectivity index (χ1) is 20.3. The number of carbonyl (C=O) groups is 2. The predicted octanol–water partition coefficient (Wildman–Crippen LogP) is 6.58. The van der Waals surface area contributed by atoms with Gasteiger partial charge in [0.15, 0.2) is 0 Å². The molecular formula is C31H31FNO8P. The van der Waals surface area contributed by atoms with Gasteiger partial charge in [0.1, 0.15) is 25.1 Å². The van der Waals surface area contributed by atoms with E-state index in [9.17, 15) is 23.7 Å². The summed E-state index contributed by atoms with van der Waals surface area (Å²) in [7, 11) is -4.13. The zero-order chi connectivity index (χ0) is 30.1. The van der Waals surface area contributed by atoms with Crippen LogP contribution in [-0.2, 0) is 36.2 Å². The van der Waals surface area contributed by atoms with E-state index in [-0.39, 0.29) is 43.5 Å². The molecule has 3 aromatic carbocycles.